The van der Waals surface area contributed by atoms with Crippen LogP contribution in [0.5, 0.6) is 5.75 Å². The number of aromatic nitrogens is 2. The Labute approximate surface area is 193 Å². The Morgan fingerprint density at radius 2 is 1.97 bits per heavy atom. The van der Waals surface area contributed by atoms with E-state index in [0.717, 1.165) is 42.7 Å². The lowest BCUT2D eigenvalue weighted by atomic mass is 10.1. The van der Waals surface area contributed by atoms with Crippen molar-refractivity contribution in [3.8, 4) is 5.75 Å². The number of H-pyrrole nitrogens is 1. The Kier molecular flexibility index (Phi) is 7.43. The van der Waals surface area contributed by atoms with Gasteiger partial charge in [0, 0.05) is 48.0 Å². The molecule has 5 rings (SSSR count). The van der Waals surface area contributed by atoms with Crippen LogP contribution in [0.15, 0.2) is 42.6 Å². The van der Waals surface area contributed by atoms with E-state index in [1.807, 2.05) is 24.4 Å². The van der Waals surface area contributed by atoms with Crippen LogP contribution in [-0.4, -0.2) is 53.6 Å². The molecule has 0 radical (unpaired) electrons. The van der Waals surface area contributed by atoms with Crippen LogP contribution in [0.1, 0.15) is 34.9 Å². The number of hydrogen-bond donors (Lipinski definition) is 3. The first-order valence-electron chi connectivity index (χ1n) is 10.1. The second kappa shape index (κ2) is 9.87. The molecule has 1 atom stereocenters. The zero-order valence-electron chi connectivity index (χ0n) is 17.3. The van der Waals surface area contributed by atoms with Crippen molar-refractivity contribution >= 4 is 47.4 Å². The molecule has 4 heterocycles. The molecule has 3 N–H and O–H groups in total. The van der Waals surface area contributed by atoms with Gasteiger partial charge in [0.05, 0.1) is 5.52 Å². The predicted molar refractivity (Wildman–Crippen MR) is 127 cm³/mol. The van der Waals surface area contributed by atoms with Crippen molar-refractivity contribution in [3.63, 3.8) is 0 Å². The summed E-state index contributed by atoms with van der Waals surface area (Å²) in [7, 11) is 2.16. The van der Waals surface area contributed by atoms with Crippen molar-refractivity contribution in [2.45, 2.75) is 25.0 Å². The molecule has 1 aromatic carbocycles. The lowest BCUT2D eigenvalue weighted by Crippen LogP contribution is -2.50. The Balaban J connectivity index is 0.00000136. The van der Waals surface area contributed by atoms with Gasteiger partial charge in [-0.05, 0) is 56.8 Å². The van der Waals surface area contributed by atoms with Crippen molar-refractivity contribution in [2.24, 2.45) is 0 Å². The number of amides is 1. The van der Waals surface area contributed by atoms with Crippen LogP contribution in [-0.2, 0) is 0 Å². The summed E-state index contributed by atoms with van der Waals surface area (Å²) in [5, 5.41) is 7.12. The average molecular weight is 464 g/mol. The summed E-state index contributed by atoms with van der Waals surface area (Å²) < 4.78 is 5.79. The number of halogens is 2. The highest BCUT2D eigenvalue weighted by Gasteiger charge is 2.24. The fourth-order valence-electron chi connectivity index (χ4n) is 4.01. The van der Waals surface area contributed by atoms with Gasteiger partial charge in [0.15, 0.2) is 0 Å². The molecule has 7 nitrogen and oxygen atoms in total. The van der Waals surface area contributed by atoms with Crippen LogP contribution in [0.25, 0.3) is 10.9 Å². The van der Waals surface area contributed by atoms with E-state index in [4.69, 9.17) is 4.74 Å². The summed E-state index contributed by atoms with van der Waals surface area (Å²) >= 11 is 0. The first kappa shape index (κ1) is 23.3. The molecule has 2 aliphatic rings. The third-order valence-corrected chi connectivity index (χ3v) is 5.81. The largest absolute Gasteiger partial charge is 0.488 e. The molecule has 0 bridgehead atoms. The highest BCUT2D eigenvalue weighted by atomic mass is 35.5. The number of aromatic amines is 1. The normalized spacial score (nSPS) is 18.7. The smallest absolute Gasteiger partial charge is 0.256 e. The number of carbonyl (C=O) groups excluding carboxylic acids is 1. The molecule has 31 heavy (non-hydrogen) atoms. The molecular formula is C22H27Cl2N5O2. The average Bonchev–Trinajstić information content (AvgIpc) is 3.30. The Hall–Kier alpha value is -2.32. The first-order chi connectivity index (χ1) is 14.2. The minimum absolute atomic E-state index is 0. The molecule has 3 aromatic rings. The Bertz CT molecular complexity index is 1040. The van der Waals surface area contributed by atoms with Gasteiger partial charge < -0.3 is 20.4 Å². The number of ether oxygens (including phenoxy) is 1. The summed E-state index contributed by atoms with van der Waals surface area (Å²) in [5.74, 6) is 1.14. The fraction of sp³-hybridized carbons (Fsp3) is 0.364. The van der Waals surface area contributed by atoms with E-state index in [1.54, 1.807) is 12.1 Å². The van der Waals surface area contributed by atoms with Crippen LogP contribution >= 0.6 is 24.8 Å². The lowest BCUT2D eigenvalue weighted by Gasteiger charge is -2.27. The number of nitrogens with zero attached hydrogens (tertiary/aromatic N) is 2. The maximum atomic E-state index is 12.6. The van der Waals surface area contributed by atoms with Crippen LogP contribution in [0, 0.1) is 0 Å². The highest BCUT2D eigenvalue weighted by molar-refractivity contribution is 6.04. The number of fused-ring (bicyclic) bond motifs is 1. The van der Waals surface area contributed by atoms with Crippen molar-refractivity contribution in [1.82, 2.24) is 20.2 Å². The molecule has 9 heteroatoms. The maximum Gasteiger partial charge on any atom is 0.256 e. The monoisotopic (exact) mass is 463 g/mol. The first-order valence-corrected chi connectivity index (χ1v) is 10.1. The fourth-order valence-corrected chi connectivity index (χ4v) is 4.01. The van der Waals surface area contributed by atoms with E-state index in [-0.39, 0.29) is 36.8 Å². The molecule has 1 amide bonds. The Morgan fingerprint density at radius 3 is 2.61 bits per heavy atom. The van der Waals surface area contributed by atoms with Gasteiger partial charge in [-0.3, -0.25) is 9.69 Å². The van der Waals surface area contributed by atoms with Gasteiger partial charge in [-0.25, -0.2) is 4.98 Å². The van der Waals surface area contributed by atoms with Crippen LogP contribution in [0.4, 0.5) is 5.82 Å². The molecule has 166 valence electrons. The molecule has 2 fully saturated rings. The van der Waals surface area contributed by atoms with E-state index in [9.17, 15) is 4.79 Å². The van der Waals surface area contributed by atoms with Gasteiger partial charge in [-0.2, -0.15) is 0 Å². The summed E-state index contributed by atoms with van der Waals surface area (Å²) in [4.78, 5) is 22.9. The van der Waals surface area contributed by atoms with Gasteiger partial charge in [0.25, 0.3) is 5.91 Å². The number of nitrogens with one attached hydrogen (secondary N) is 3. The third kappa shape index (κ3) is 4.96. The number of benzene rings is 1. The lowest BCUT2D eigenvalue weighted by molar-refractivity contribution is 0.102. The second-order valence-corrected chi connectivity index (χ2v) is 7.90. The molecule has 2 aliphatic heterocycles. The molecule has 2 aromatic heterocycles. The van der Waals surface area contributed by atoms with Crippen LogP contribution in [0.2, 0.25) is 0 Å². The molecule has 0 saturated carbocycles. The summed E-state index contributed by atoms with van der Waals surface area (Å²) in [6, 6.07) is 11.7. The van der Waals surface area contributed by atoms with Gasteiger partial charge in [0.1, 0.15) is 17.7 Å². The molecule has 0 unspecified atom stereocenters. The Morgan fingerprint density at radius 1 is 1.19 bits per heavy atom. The van der Waals surface area contributed by atoms with E-state index in [2.05, 4.69) is 38.6 Å². The van der Waals surface area contributed by atoms with Gasteiger partial charge in [0.2, 0.25) is 0 Å². The predicted octanol–water partition coefficient (Wildman–Crippen LogP) is 3.78. The number of pyridine rings is 1. The van der Waals surface area contributed by atoms with Gasteiger partial charge in [-0.15, -0.1) is 24.8 Å². The maximum absolute atomic E-state index is 12.6. The van der Waals surface area contributed by atoms with E-state index >= 15 is 0 Å². The summed E-state index contributed by atoms with van der Waals surface area (Å²) in [6.07, 6.45) is 4.42. The summed E-state index contributed by atoms with van der Waals surface area (Å²) in [6.45, 7) is 2.86. The van der Waals surface area contributed by atoms with Gasteiger partial charge in [-0.1, -0.05) is 0 Å². The zero-order valence-corrected chi connectivity index (χ0v) is 18.9. The van der Waals surface area contributed by atoms with E-state index in [0.29, 0.717) is 17.4 Å². The zero-order chi connectivity index (χ0) is 19.8. The van der Waals surface area contributed by atoms with Crippen LogP contribution < -0.4 is 15.4 Å². The number of rotatable bonds is 5. The number of carbonyl (C=O) groups is 1. The number of anilines is 1. The minimum Gasteiger partial charge on any atom is -0.488 e. The molecular weight excluding hydrogens is 437 g/mol. The van der Waals surface area contributed by atoms with Crippen molar-refractivity contribution in [2.75, 3.05) is 32.0 Å². The van der Waals surface area contributed by atoms with Crippen molar-refractivity contribution < 1.29 is 9.53 Å². The minimum atomic E-state index is -0.184. The number of likely N-dealkylation sites (tertiary alicyclic amines) is 1. The summed E-state index contributed by atoms with van der Waals surface area (Å²) in [5.41, 5.74) is 2.77. The molecule has 0 spiro atoms. The van der Waals surface area contributed by atoms with Crippen molar-refractivity contribution in [1.29, 1.82) is 0 Å². The van der Waals surface area contributed by atoms with Gasteiger partial charge >= 0.3 is 0 Å². The number of hydrogen-bond acceptors (Lipinski definition) is 5. The van der Waals surface area contributed by atoms with Crippen LogP contribution in [0.3, 0.4) is 0 Å². The quantitative estimate of drug-likeness (QED) is 0.536. The van der Waals surface area contributed by atoms with E-state index in [1.165, 1.54) is 12.1 Å². The second-order valence-electron chi connectivity index (χ2n) is 7.90. The molecule has 2 saturated heterocycles. The molecule has 0 aliphatic carbocycles. The third-order valence-electron chi connectivity index (χ3n) is 5.81. The standard InChI is InChI=1S/C22H25N5O2.2ClH/c1-27-8-2-3-20(27)19-9-15-11-24-21(10-18(15)25-19)26-22(28)14-4-6-16(7-5-14)29-17-12-23-13-17;;/h4-7,9-11,17,20,23,25H,2-3,8,12-13H2,1H3,(H,24,26,28);2*1H/t20-;;/m1../s1. The van der Waals surface area contributed by atoms with Crippen molar-refractivity contribution in [3.05, 3.63) is 53.9 Å². The highest BCUT2D eigenvalue weighted by Crippen LogP contribution is 2.32. The topological polar surface area (TPSA) is 82.3 Å². The van der Waals surface area contributed by atoms with E-state index < -0.39 is 0 Å². The SMILES string of the molecule is CN1CCC[C@@H]1c1cc2cnc(NC(=O)c3ccc(OC4CNC4)cc3)cc2[nH]1.Cl.Cl.